The highest BCUT2D eigenvalue weighted by molar-refractivity contribution is 7.89. The van der Waals surface area contributed by atoms with Crippen molar-refractivity contribution in [2.24, 2.45) is 0 Å². The minimum atomic E-state index is -3.16. The lowest BCUT2D eigenvalue weighted by Gasteiger charge is -2.03. The molecule has 6 heteroatoms. The Balaban J connectivity index is 2.42. The molecule has 86 valence electrons. The van der Waals surface area contributed by atoms with Gasteiger partial charge in [0, 0.05) is 6.07 Å². The van der Waals surface area contributed by atoms with Gasteiger partial charge in [0.05, 0.1) is 18.0 Å². The molecule has 1 N–H and O–H groups in total. The molecule has 0 spiro atoms. The number of hydrogen-bond donors (Lipinski definition) is 1. The van der Waals surface area contributed by atoms with Gasteiger partial charge < -0.3 is 4.52 Å². The number of aromatic nitrogens is 1. The summed E-state index contributed by atoms with van der Waals surface area (Å²) in [5.74, 6) is 0.845. The van der Waals surface area contributed by atoms with E-state index in [0.29, 0.717) is 17.9 Å². The number of unbranched alkanes of at least 4 members (excludes halogenated alkanes) is 1. The van der Waals surface area contributed by atoms with Crippen LogP contribution in [0.1, 0.15) is 31.2 Å². The summed E-state index contributed by atoms with van der Waals surface area (Å²) in [7, 11) is -3.16. The number of nitrogens with zero attached hydrogens (tertiary/aromatic N) is 1. The third-order valence-electron chi connectivity index (χ3n) is 1.92. The molecule has 0 aliphatic carbocycles. The summed E-state index contributed by atoms with van der Waals surface area (Å²) >= 11 is 0. The van der Waals surface area contributed by atoms with E-state index in [0.717, 1.165) is 6.42 Å². The molecule has 1 rings (SSSR count). The molecular weight excluding hydrogens is 216 g/mol. The average molecular weight is 232 g/mol. The Bertz CT molecular complexity index is 397. The molecule has 0 bridgehead atoms. The van der Waals surface area contributed by atoms with Crippen molar-refractivity contribution in [3.05, 3.63) is 17.5 Å². The zero-order chi connectivity index (χ0) is 11.3. The van der Waals surface area contributed by atoms with Crippen molar-refractivity contribution < 1.29 is 12.9 Å². The summed E-state index contributed by atoms with van der Waals surface area (Å²) in [6.07, 6.45) is 1.54. The summed E-state index contributed by atoms with van der Waals surface area (Å²) in [5.41, 5.74) is 0.604. The topological polar surface area (TPSA) is 72.2 Å². The zero-order valence-corrected chi connectivity index (χ0v) is 9.80. The van der Waals surface area contributed by atoms with Crippen molar-refractivity contribution in [3.63, 3.8) is 0 Å². The van der Waals surface area contributed by atoms with Crippen LogP contribution >= 0.6 is 0 Å². The van der Waals surface area contributed by atoms with E-state index in [2.05, 4.69) is 9.88 Å². The highest BCUT2D eigenvalue weighted by Gasteiger charge is 2.10. The second kappa shape index (κ2) is 5.27. The monoisotopic (exact) mass is 232 g/mol. The Labute approximate surface area is 89.9 Å². The molecule has 0 radical (unpaired) electrons. The van der Waals surface area contributed by atoms with Gasteiger partial charge in [-0.3, -0.25) is 0 Å². The Hall–Kier alpha value is -0.880. The molecule has 0 atom stereocenters. The van der Waals surface area contributed by atoms with Crippen molar-refractivity contribution in [2.45, 2.75) is 33.2 Å². The molecule has 0 aliphatic heterocycles. The average Bonchev–Trinajstić information content (AvgIpc) is 2.59. The van der Waals surface area contributed by atoms with Crippen LogP contribution in [0.2, 0.25) is 0 Å². The van der Waals surface area contributed by atoms with Crippen LogP contribution in [0.4, 0.5) is 0 Å². The number of aryl methyl sites for hydroxylation is 1. The first-order valence-electron chi connectivity index (χ1n) is 4.93. The van der Waals surface area contributed by atoms with Crippen molar-refractivity contribution in [1.82, 2.24) is 9.88 Å². The fraction of sp³-hybridized carbons (Fsp3) is 0.667. The van der Waals surface area contributed by atoms with Gasteiger partial charge in [0.1, 0.15) is 5.76 Å². The zero-order valence-electron chi connectivity index (χ0n) is 8.99. The predicted molar refractivity (Wildman–Crippen MR) is 56.8 cm³/mol. The van der Waals surface area contributed by atoms with Crippen molar-refractivity contribution >= 4 is 10.0 Å². The first kappa shape index (κ1) is 12.2. The number of rotatable bonds is 6. The smallest absolute Gasteiger partial charge is 0.211 e. The summed E-state index contributed by atoms with van der Waals surface area (Å²) in [6, 6.07) is 1.71. The molecule has 0 fully saturated rings. The van der Waals surface area contributed by atoms with Crippen LogP contribution in [-0.4, -0.2) is 19.3 Å². The Morgan fingerprint density at radius 2 is 2.27 bits per heavy atom. The number of hydrogen-bond acceptors (Lipinski definition) is 4. The van der Waals surface area contributed by atoms with E-state index in [1.54, 1.807) is 13.0 Å². The van der Waals surface area contributed by atoms with Crippen LogP contribution in [0, 0.1) is 6.92 Å². The van der Waals surface area contributed by atoms with Gasteiger partial charge >= 0.3 is 0 Å². The quantitative estimate of drug-likeness (QED) is 0.800. The second-order valence-electron chi connectivity index (χ2n) is 3.42. The molecule has 0 unspecified atom stereocenters. The molecule has 0 saturated heterocycles. The standard InChI is InChI=1S/C9H16N2O3S/c1-3-4-5-15(12,13)10-7-9-6-8(2)14-11-9/h6,10H,3-5,7H2,1-2H3. The molecule has 1 aromatic heterocycles. The number of nitrogens with one attached hydrogen (secondary N) is 1. The predicted octanol–water partition coefficient (Wildman–Crippen LogP) is 1.20. The van der Waals surface area contributed by atoms with E-state index < -0.39 is 10.0 Å². The molecule has 5 nitrogen and oxygen atoms in total. The van der Waals surface area contributed by atoms with Gasteiger partial charge in [-0.05, 0) is 13.3 Å². The number of sulfonamides is 1. The third-order valence-corrected chi connectivity index (χ3v) is 3.33. The maximum absolute atomic E-state index is 11.4. The molecule has 15 heavy (non-hydrogen) atoms. The highest BCUT2D eigenvalue weighted by atomic mass is 32.2. The van der Waals surface area contributed by atoms with Gasteiger partial charge in [0.15, 0.2) is 0 Å². The van der Waals surface area contributed by atoms with Crippen molar-refractivity contribution in [1.29, 1.82) is 0 Å². The van der Waals surface area contributed by atoms with E-state index in [1.165, 1.54) is 0 Å². The fourth-order valence-electron chi connectivity index (χ4n) is 1.09. The second-order valence-corrected chi connectivity index (χ2v) is 5.35. The lowest BCUT2D eigenvalue weighted by molar-refractivity contribution is 0.390. The van der Waals surface area contributed by atoms with E-state index in [1.807, 2.05) is 6.92 Å². The lowest BCUT2D eigenvalue weighted by Crippen LogP contribution is -2.25. The van der Waals surface area contributed by atoms with Gasteiger partial charge in [0.2, 0.25) is 10.0 Å². The Morgan fingerprint density at radius 1 is 1.53 bits per heavy atom. The third kappa shape index (κ3) is 4.44. The van der Waals surface area contributed by atoms with Crippen molar-refractivity contribution in [3.8, 4) is 0 Å². The fourth-order valence-corrected chi connectivity index (χ4v) is 2.27. The molecule has 0 amide bonds. The lowest BCUT2D eigenvalue weighted by atomic mass is 10.4. The minimum Gasteiger partial charge on any atom is -0.361 e. The Morgan fingerprint density at radius 3 is 2.80 bits per heavy atom. The van der Waals surface area contributed by atoms with Crippen LogP contribution in [0.15, 0.2) is 10.6 Å². The highest BCUT2D eigenvalue weighted by Crippen LogP contribution is 2.02. The maximum atomic E-state index is 11.4. The van der Waals surface area contributed by atoms with Crippen LogP contribution in [0.5, 0.6) is 0 Å². The van der Waals surface area contributed by atoms with Crippen LogP contribution < -0.4 is 4.72 Å². The van der Waals surface area contributed by atoms with Crippen LogP contribution in [-0.2, 0) is 16.6 Å². The largest absolute Gasteiger partial charge is 0.361 e. The van der Waals surface area contributed by atoms with Crippen LogP contribution in [0.25, 0.3) is 0 Å². The first-order valence-corrected chi connectivity index (χ1v) is 6.58. The maximum Gasteiger partial charge on any atom is 0.211 e. The van der Waals surface area contributed by atoms with E-state index >= 15 is 0 Å². The Kier molecular flexibility index (Phi) is 4.28. The van der Waals surface area contributed by atoms with Gasteiger partial charge in [-0.1, -0.05) is 18.5 Å². The van der Waals surface area contributed by atoms with Gasteiger partial charge in [-0.15, -0.1) is 0 Å². The van der Waals surface area contributed by atoms with Crippen molar-refractivity contribution in [2.75, 3.05) is 5.75 Å². The minimum absolute atomic E-state index is 0.167. The summed E-state index contributed by atoms with van der Waals surface area (Å²) in [4.78, 5) is 0. The van der Waals surface area contributed by atoms with E-state index in [9.17, 15) is 8.42 Å². The summed E-state index contributed by atoms with van der Waals surface area (Å²) < 4.78 is 30.1. The molecule has 1 heterocycles. The van der Waals surface area contributed by atoms with Gasteiger partial charge in [0.25, 0.3) is 0 Å². The van der Waals surface area contributed by atoms with Gasteiger partial charge in [-0.2, -0.15) is 0 Å². The SMILES string of the molecule is CCCCS(=O)(=O)NCc1cc(C)on1. The molecule has 1 aromatic rings. The molecule has 0 saturated carbocycles. The molecular formula is C9H16N2O3S. The molecule has 0 aromatic carbocycles. The van der Waals surface area contributed by atoms with Gasteiger partial charge in [-0.25, -0.2) is 13.1 Å². The normalized spacial score (nSPS) is 11.9. The van der Waals surface area contributed by atoms with E-state index in [-0.39, 0.29) is 12.3 Å². The summed E-state index contributed by atoms with van der Waals surface area (Å²) in [5, 5.41) is 3.70. The summed E-state index contributed by atoms with van der Waals surface area (Å²) in [6.45, 7) is 3.92. The van der Waals surface area contributed by atoms with E-state index in [4.69, 9.17) is 4.52 Å². The molecule has 0 aliphatic rings. The first-order chi connectivity index (χ1) is 7.03. The van der Waals surface area contributed by atoms with Crippen LogP contribution in [0.3, 0.4) is 0 Å².